The highest BCUT2D eigenvalue weighted by molar-refractivity contribution is 6.11. The lowest BCUT2D eigenvalue weighted by Crippen LogP contribution is -2.11. The van der Waals surface area contributed by atoms with E-state index in [-0.39, 0.29) is 0 Å². The molecule has 8 aromatic carbocycles. The van der Waals surface area contributed by atoms with Crippen LogP contribution in [0.25, 0.3) is 60.5 Å². The van der Waals surface area contributed by atoms with Crippen LogP contribution in [0.15, 0.2) is 188 Å². The second-order valence-electron chi connectivity index (χ2n) is 14.7. The molecule has 0 radical (unpaired) electrons. The highest BCUT2D eigenvalue weighted by atomic mass is 15.1. The van der Waals surface area contributed by atoms with Crippen molar-refractivity contribution < 1.29 is 0 Å². The third-order valence-corrected chi connectivity index (χ3v) is 11.6. The number of aromatic nitrogens is 1. The molecule has 2 nitrogen and oxygen atoms in total. The van der Waals surface area contributed by atoms with Gasteiger partial charge in [-0.3, -0.25) is 0 Å². The number of benzene rings is 8. The van der Waals surface area contributed by atoms with Gasteiger partial charge in [-0.25, -0.2) is 0 Å². The Labute approximate surface area is 317 Å². The third kappa shape index (κ3) is 5.67. The summed E-state index contributed by atoms with van der Waals surface area (Å²) in [6.07, 6.45) is 6.52. The maximum atomic E-state index is 2.47. The molecule has 1 heterocycles. The standard InChI is InChI=1S/C52H42N2/c1-4-16-37(17-5-1)38-30-32-42(33-31-38)53(43-34-35-51-48(36-43)46-25-11-13-29-50(46)54(51)41-22-8-3-9-23-41)49-28-12-10-24-45(49)47-27-15-21-40-20-14-26-44(52(40)47)39-18-6-2-7-19-39/h1,3-5,8-17,20-36,39H,2,6-7,18-19H2. The number of rotatable bonds is 7. The smallest absolute Gasteiger partial charge is 0.0542 e. The summed E-state index contributed by atoms with van der Waals surface area (Å²) < 4.78 is 2.39. The lowest BCUT2D eigenvalue weighted by Gasteiger charge is -2.29. The molecular formula is C52H42N2. The molecule has 1 fully saturated rings. The summed E-state index contributed by atoms with van der Waals surface area (Å²) in [5.41, 5.74) is 13.5. The molecule has 260 valence electrons. The molecule has 9 aromatic rings. The molecule has 0 N–H and O–H groups in total. The van der Waals surface area contributed by atoms with E-state index in [0.717, 1.165) is 11.4 Å². The van der Waals surface area contributed by atoms with Gasteiger partial charge in [0.1, 0.15) is 0 Å². The summed E-state index contributed by atoms with van der Waals surface area (Å²) >= 11 is 0. The highest BCUT2D eigenvalue weighted by Gasteiger charge is 2.23. The summed E-state index contributed by atoms with van der Waals surface area (Å²) in [4.78, 5) is 2.47. The Morgan fingerprint density at radius 1 is 0.444 bits per heavy atom. The van der Waals surface area contributed by atoms with Gasteiger partial charge in [0.2, 0.25) is 0 Å². The number of nitrogens with zero attached hydrogens (tertiary/aromatic N) is 2. The third-order valence-electron chi connectivity index (χ3n) is 11.6. The number of anilines is 3. The summed E-state index contributed by atoms with van der Waals surface area (Å²) in [5, 5.41) is 5.21. The average Bonchev–Trinajstić information content (AvgIpc) is 3.58. The molecule has 1 aromatic heterocycles. The predicted octanol–water partition coefficient (Wildman–Crippen LogP) is 14.8. The van der Waals surface area contributed by atoms with Gasteiger partial charge in [0, 0.05) is 33.4 Å². The van der Waals surface area contributed by atoms with Crippen molar-refractivity contribution >= 4 is 49.6 Å². The Balaban J connectivity index is 1.20. The lowest BCUT2D eigenvalue weighted by molar-refractivity contribution is 0.445. The van der Waals surface area contributed by atoms with Crippen molar-refractivity contribution in [3.8, 4) is 27.9 Å². The molecule has 0 amide bonds. The quantitative estimate of drug-likeness (QED) is 0.161. The maximum Gasteiger partial charge on any atom is 0.0542 e. The number of fused-ring (bicyclic) bond motifs is 4. The van der Waals surface area contributed by atoms with E-state index in [1.54, 1.807) is 0 Å². The zero-order valence-electron chi connectivity index (χ0n) is 30.4. The molecule has 1 aliphatic carbocycles. The maximum absolute atomic E-state index is 2.47. The van der Waals surface area contributed by atoms with Crippen molar-refractivity contribution in [2.75, 3.05) is 4.90 Å². The molecule has 0 unspecified atom stereocenters. The average molecular weight is 695 g/mol. The van der Waals surface area contributed by atoms with Crippen molar-refractivity contribution in [2.45, 2.75) is 38.0 Å². The molecule has 0 spiro atoms. The van der Waals surface area contributed by atoms with E-state index in [9.17, 15) is 0 Å². The van der Waals surface area contributed by atoms with E-state index in [4.69, 9.17) is 0 Å². The van der Waals surface area contributed by atoms with Crippen LogP contribution in [0.5, 0.6) is 0 Å². The van der Waals surface area contributed by atoms with Crippen LogP contribution < -0.4 is 4.90 Å². The van der Waals surface area contributed by atoms with Crippen molar-refractivity contribution in [2.24, 2.45) is 0 Å². The SMILES string of the molecule is c1ccc(-c2ccc(N(c3ccc4c(c3)c3ccccc3n4-c3ccccc3)c3ccccc3-c3cccc4cccc(C5CCCCC5)c34)cc2)cc1. The van der Waals surface area contributed by atoms with Crippen LogP contribution in [-0.2, 0) is 0 Å². The fourth-order valence-corrected chi connectivity index (χ4v) is 9.06. The van der Waals surface area contributed by atoms with Crippen molar-refractivity contribution in [3.63, 3.8) is 0 Å². The molecule has 0 bridgehead atoms. The van der Waals surface area contributed by atoms with Gasteiger partial charge < -0.3 is 9.47 Å². The van der Waals surface area contributed by atoms with Crippen LogP contribution in [0.2, 0.25) is 0 Å². The van der Waals surface area contributed by atoms with Gasteiger partial charge >= 0.3 is 0 Å². The zero-order chi connectivity index (χ0) is 35.8. The Kier molecular flexibility index (Phi) is 8.30. The van der Waals surface area contributed by atoms with Crippen LogP contribution >= 0.6 is 0 Å². The number of para-hydroxylation sites is 3. The molecular weight excluding hydrogens is 653 g/mol. The fourth-order valence-electron chi connectivity index (χ4n) is 9.06. The fraction of sp³-hybridized carbons (Fsp3) is 0.115. The first-order chi connectivity index (χ1) is 26.8. The second-order valence-corrected chi connectivity index (χ2v) is 14.7. The Morgan fingerprint density at radius 3 is 1.89 bits per heavy atom. The molecule has 1 aliphatic rings. The Bertz CT molecular complexity index is 2730. The van der Waals surface area contributed by atoms with E-state index >= 15 is 0 Å². The Morgan fingerprint density at radius 2 is 1.07 bits per heavy atom. The molecule has 1 saturated carbocycles. The monoisotopic (exact) mass is 694 g/mol. The van der Waals surface area contributed by atoms with Gasteiger partial charge in [0.05, 0.1) is 16.7 Å². The summed E-state index contributed by atoms with van der Waals surface area (Å²) in [6.45, 7) is 0. The first-order valence-electron chi connectivity index (χ1n) is 19.5. The zero-order valence-corrected chi connectivity index (χ0v) is 30.4. The van der Waals surface area contributed by atoms with E-state index in [2.05, 4.69) is 198 Å². The summed E-state index contributed by atoms with van der Waals surface area (Å²) in [7, 11) is 0. The van der Waals surface area contributed by atoms with Crippen LogP contribution in [0.3, 0.4) is 0 Å². The van der Waals surface area contributed by atoms with E-state index in [1.165, 1.54) is 104 Å². The molecule has 0 aliphatic heterocycles. The minimum Gasteiger partial charge on any atom is -0.310 e. The van der Waals surface area contributed by atoms with Crippen LogP contribution in [-0.4, -0.2) is 4.57 Å². The normalized spacial score (nSPS) is 13.5. The molecule has 0 saturated heterocycles. The lowest BCUT2D eigenvalue weighted by atomic mass is 9.80. The van der Waals surface area contributed by atoms with Crippen molar-refractivity contribution in [1.82, 2.24) is 4.57 Å². The van der Waals surface area contributed by atoms with E-state index < -0.39 is 0 Å². The molecule has 2 heteroatoms. The minimum absolute atomic E-state index is 0.599. The Hall–Kier alpha value is -6.38. The van der Waals surface area contributed by atoms with Crippen LogP contribution in [0.4, 0.5) is 17.1 Å². The van der Waals surface area contributed by atoms with Gasteiger partial charge in [0.25, 0.3) is 0 Å². The number of hydrogen-bond acceptors (Lipinski definition) is 1. The van der Waals surface area contributed by atoms with E-state index in [1.807, 2.05) is 0 Å². The number of hydrogen-bond donors (Lipinski definition) is 0. The first kappa shape index (κ1) is 32.3. The second kappa shape index (κ2) is 13.9. The van der Waals surface area contributed by atoms with E-state index in [0.29, 0.717) is 5.92 Å². The van der Waals surface area contributed by atoms with Crippen molar-refractivity contribution in [1.29, 1.82) is 0 Å². The van der Waals surface area contributed by atoms with Gasteiger partial charge in [-0.2, -0.15) is 0 Å². The van der Waals surface area contributed by atoms with Gasteiger partial charge in [-0.1, -0.05) is 153 Å². The van der Waals surface area contributed by atoms with Gasteiger partial charge in [-0.15, -0.1) is 0 Å². The molecule has 0 atom stereocenters. The predicted molar refractivity (Wildman–Crippen MR) is 230 cm³/mol. The topological polar surface area (TPSA) is 8.17 Å². The van der Waals surface area contributed by atoms with Crippen LogP contribution in [0, 0.1) is 0 Å². The molecule has 10 rings (SSSR count). The van der Waals surface area contributed by atoms with Crippen molar-refractivity contribution in [3.05, 3.63) is 194 Å². The largest absolute Gasteiger partial charge is 0.310 e. The first-order valence-corrected chi connectivity index (χ1v) is 19.5. The summed E-state index contributed by atoms with van der Waals surface area (Å²) in [5.74, 6) is 0.599. The van der Waals surface area contributed by atoms with Crippen LogP contribution in [0.1, 0.15) is 43.6 Å². The minimum atomic E-state index is 0.599. The summed E-state index contributed by atoms with van der Waals surface area (Å²) in [6, 6.07) is 69.2. The molecule has 54 heavy (non-hydrogen) atoms. The highest BCUT2D eigenvalue weighted by Crippen LogP contribution is 2.47. The van der Waals surface area contributed by atoms with Gasteiger partial charge in [0.15, 0.2) is 0 Å². The van der Waals surface area contributed by atoms with Gasteiger partial charge in [-0.05, 0) is 106 Å².